The molecule has 1 N–H and O–H groups in total. The van der Waals surface area contributed by atoms with Crippen LogP contribution in [0.4, 0.5) is 0 Å². The zero-order chi connectivity index (χ0) is 14.4. The number of pyridine rings is 1. The van der Waals surface area contributed by atoms with Gasteiger partial charge in [0.05, 0.1) is 14.2 Å². The fraction of sp³-hybridized carbons (Fsp3) is 0.667. The number of hydrogen-bond donors (Lipinski definition) is 1. The molecule has 0 spiro atoms. The van der Waals surface area contributed by atoms with E-state index in [0.717, 1.165) is 49.3 Å². The number of likely N-dealkylation sites (tertiary alicyclic amines) is 1. The van der Waals surface area contributed by atoms with Gasteiger partial charge in [0.25, 0.3) is 0 Å². The molecule has 2 heterocycles. The summed E-state index contributed by atoms with van der Waals surface area (Å²) in [6.45, 7) is 4.18. The molecule has 112 valence electrons. The number of piperidine rings is 1. The molecule has 0 aromatic carbocycles. The minimum atomic E-state index is 0.752. The fourth-order valence-electron chi connectivity index (χ4n) is 2.81. The molecule has 2 rings (SSSR count). The molecule has 0 unspecified atom stereocenters. The smallest absolute Gasteiger partial charge is 0.183 e. The molecule has 0 atom stereocenters. The first kappa shape index (κ1) is 15.1. The second-order valence-corrected chi connectivity index (χ2v) is 5.27. The highest BCUT2D eigenvalue weighted by molar-refractivity contribution is 5.42. The average Bonchev–Trinajstić information content (AvgIpc) is 2.49. The minimum Gasteiger partial charge on any atom is -0.493 e. The number of rotatable bonds is 6. The zero-order valence-corrected chi connectivity index (χ0v) is 12.7. The van der Waals surface area contributed by atoms with Gasteiger partial charge in [-0.05, 0) is 45.4 Å². The van der Waals surface area contributed by atoms with Crippen LogP contribution in [-0.2, 0) is 6.54 Å². The summed E-state index contributed by atoms with van der Waals surface area (Å²) in [5.74, 6) is 2.31. The first-order valence-electron chi connectivity index (χ1n) is 7.21. The summed E-state index contributed by atoms with van der Waals surface area (Å²) in [7, 11) is 5.35. The molecule has 20 heavy (non-hydrogen) atoms. The van der Waals surface area contributed by atoms with E-state index in [1.807, 2.05) is 13.1 Å². The van der Waals surface area contributed by atoms with Crippen LogP contribution < -0.4 is 14.8 Å². The number of ether oxygens (including phenoxy) is 2. The summed E-state index contributed by atoms with van der Waals surface area (Å²) in [6, 6.07) is 1.83. The summed E-state index contributed by atoms with van der Waals surface area (Å²) in [5, 5.41) is 3.27. The quantitative estimate of drug-likeness (QED) is 0.855. The molecule has 0 amide bonds. The molecular weight excluding hydrogens is 254 g/mol. The monoisotopic (exact) mass is 279 g/mol. The van der Waals surface area contributed by atoms with Gasteiger partial charge < -0.3 is 14.8 Å². The molecule has 1 saturated heterocycles. The van der Waals surface area contributed by atoms with Crippen molar-refractivity contribution in [2.24, 2.45) is 5.92 Å². The average molecular weight is 279 g/mol. The van der Waals surface area contributed by atoms with Gasteiger partial charge in [0, 0.05) is 18.8 Å². The van der Waals surface area contributed by atoms with E-state index in [4.69, 9.17) is 9.47 Å². The molecule has 5 nitrogen and oxygen atoms in total. The Bertz CT molecular complexity index is 418. The van der Waals surface area contributed by atoms with Gasteiger partial charge in [-0.3, -0.25) is 9.88 Å². The number of methoxy groups -OCH3 is 2. The van der Waals surface area contributed by atoms with E-state index >= 15 is 0 Å². The molecule has 1 aromatic heterocycles. The molecule has 1 aliphatic rings. The molecule has 0 saturated carbocycles. The van der Waals surface area contributed by atoms with Crippen LogP contribution in [0.25, 0.3) is 0 Å². The third-order valence-corrected chi connectivity index (χ3v) is 3.94. The second kappa shape index (κ2) is 7.45. The van der Waals surface area contributed by atoms with Crippen LogP contribution in [0.3, 0.4) is 0 Å². The molecule has 0 bridgehead atoms. The number of hydrogen-bond acceptors (Lipinski definition) is 5. The van der Waals surface area contributed by atoms with Gasteiger partial charge in [0.2, 0.25) is 0 Å². The first-order chi connectivity index (χ1) is 9.78. The Morgan fingerprint density at radius 1 is 1.30 bits per heavy atom. The molecule has 5 heteroatoms. The van der Waals surface area contributed by atoms with Crippen LogP contribution in [0.5, 0.6) is 11.5 Å². The fourth-order valence-corrected chi connectivity index (χ4v) is 2.81. The highest BCUT2D eigenvalue weighted by atomic mass is 16.5. The number of nitrogens with one attached hydrogen (secondary N) is 1. The summed E-state index contributed by atoms with van der Waals surface area (Å²) < 4.78 is 10.8. The molecule has 1 aliphatic heterocycles. The lowest BCUT2D eigenvalue weighted by molar-refractivity contribution is 0.173. The standard InChI is InChI=1S/C15H25N3O2/c1-16-10-12-5-8-18(9-6-12)11-13-15(20-3)14(19-2)4-7-17-13/h4,7,12,16H,5-6,8-11H2,1-3H3. The van der Waals surface area contributed by atoms with E-state index in [1.54, 1.807) is 20.4 Å². The van der Waals surface area contributed by atoms with E-state index in [2.05, 4.69) is 15.2 Å². The Kier molecular flexibility index (Phi) is 5.61. The Morgan fingerprint density at radius 2 is 2.05 bits per heavy atom. The van der Waals surface area contributed by atoms with Gasteiger partial charge in [-0.25, -0.2) is 0 Å². The summed E-state index contributed by atoms with van der Waals surface area (Å²) in [6.07, 6.45) is 4.27. The van der Waals surface area contributed by atoms with Gasteiger partial charge in [-0.15, -0.1) is 0 Å². The third kappa shape index (κ3) is 3.61. The first-order valence-corrected chi connectivity index (χ1v) is 7.21. The highest BCUT2D eigenvalue weighted by Gasteiger charge is 2.21. The molecule has 0 aliphatic carbocycles. The summed E-state index contributed by atoms with van der Waals surface area (Å²) in [4.78, 5) is 6.89. The van der Waals surface area contributed by atoms with Crippen molar-refractivity contribution in [3.63, 3.8) is 0 Å². The Morgan fingerprint density at radius 3 is 2.65 bits per heavy atom. The number of aromatic nitrogens is 1. The van der Waals surface area contributed by atoms with Gasteiger partial charge in [0.15, 0.2) is 11.5 Å². The van der Waals surface area contributed by atoms with Gasteiger partial charge in [0.1, 0.15) is 5.69 Å². The summed E-state index contributed by atoms with van der Waals surface area (Å²) >= 11 is 0. The zero-order valence-electron chi connectivity index (χ0n) is 12.7. The van der Waals surface area contributed by atoms with Crippen LogP contribution in [-0.4, -0.2) is 50.8 Å². The van der Waals surface area contributed by atoms with Crippen LogP contribution in [0, 0.1) is 5.92 Å². The van der Waals surface area contributed by atoms with Crippen LogP contribution in [0.15, 0.2) is 12.3 Å². The van der Waals surface area contributed by atoms with Crippen molar-refractivity contribution in [3.05, 3.63) is 18.0 Å². The maximum Gasteiger partial charge on any atom is 0.183 e. The van der Waals surface area contributed by atoms with Crippen molar-refractivity contribution in [2.45, 2.75) is 19.4 Å². The van der Waals surface area contributed by atoms with Crippen LogP contribution in [0.1, 0.15) is 18.5 Å². The Balaban J connectivity index is 1.97. The van der Waals surface area contributed by atoms with Crippen molar-refractivity contribution >= 4 is 0 Å². The molecular formula is C15H25N3O2. The lowest BCUT2D eigenvalue weighted by Gasteiger charge is -2.31. The van der Waals surface area contributed by atoms with Crippen LogP contribution >= 0.6 is 0 Å². The topological polar surface area (TPSA) is 46.6 Å². The Labute approximate surface area is 121 Å². The predicted molar refractivity (Wildman–Crippen MR) is 79.3 cm³/mol. The van der Waals surface area contributed by atoms with E-state index in [1.165, 1.54) is 12.8 Å². The predicted octanol–water partition coefficient (Wildman–Crippen LogP) is 1.53. The van der Waals surface area contributed by atoms with Crippen molar-refractivity contribution < 1.29 is 9.47 Å². The van der Waals surface area contributed by atoms with E-state index in [-0.39, 0.29) is 0 Å². The third-order valence-electron chi connectivity index (χ3n) is 3.94. The lowest BCUT2D eigenvalue weighted by atomic mass is 9.97. The van der Waals surface area contributed by atoms with E-state index in [0.29, 0.717) is 0 Å². The number of nitrogens with zero attached hydrogens (tertiary/aromatic N) is 2. The van der Waals surface area contributed by atoms with Gasteiger partial charge in [-0.2, -0.15) is 0 Å². The molecule has 0 radical (unpaired) electrons. The Hall–Kier alpha value is -1.33. The van der Waals surface area contributed by atoms with E-state index < -0.39 is 0 Å². The summed E-state index contributed by atoms with van der Waals surface area (Å²) in [5.41, 5.74) is 0.957. The van der Waals surface area contributed by atoms with Crippen molar-refractivity contribution in [3.8, 4) is 11.5 Å². The van der Waals surface area contributed by atoms with Crippen molar-refractivity contribution in [2.75, 3.05) is 40.9 Å². The minimum absolute atomic E-state index is 0.752. The second-order valence-electron chi connectivity index (χ2n) is 5.27. The normalized spacial score (nSPS) is 17.1. The maximum absolute atomic E-state index is 5.44. The van der Waals surface area contributed by atoms with Crippen LogP contribution in [0.2, 0.25) is 0 Å². The van der Waals surface area contributed by atoms with Gasteiger partial charge >= 0.3 is 0 Å². The van der Waals surface area contributed by atoms with E-state index in [9.17, 15) is 0 Å². The largest absolute Gasteiger partial charge is 0.493 e. The lowest BCUT2D eigenvalue weighted by Crippen LogP contribution is -2.36. The molecule has 1 aromatic rings. The van der Waals surface area contributed by atoms with Crippen molar-refractivity contribution in [1.82, 2.24) is 15.2 Å². The highest BCUT2D eigenvalue weighted by Crippen LogP contribution is 2.30. The molecule has 1 fully saturated rings. The van der Waals surface area contributed by atoms with Gasteiger partial charge in [-0.1, -0.05) is 0 Å². The van der Waals surface area contributed by atoms with Crippen molar-refractivity contribution in [1.29, 1.82) is 0 Å². The maximum atomic E-state index is 5.44. The SMILES string of the molecule is CNCC1CCN(Cc2nccc(OC)c2OC)CC1.